The zero-order valence-electron chi connectivity index (χ0n) is 16.1. The summed E-state index contributed by atoms with van der Waals surface area (Å²) in [7, 11) is 0. The summed E-state index contributed by atoms with van der Waals surface area (Å²) in [5.74, 6) is 0.0123. The number of hydrogen-bond acceptors (Lipinski definition) is 7. The van der Waals surface area contributed by atoms with Crippen LogP contribution in [0.2, 0.25) is 0 Å². The molecule has 1 saturated heterocycles. The van der Waals surface area contributed by atoms with Crippen molar-refractivity contribution >= 4 is 55.9 Å². The predicted octanol–water partition coefficient (Wildman–Crippen LogP) is 5.86. The average molecular weight is 500 g/mol. The lowest BCUT2D eigenvalue weighted by atomic mass is 10.1. The molecule has 3 aromatic rings. The van der Waals surface area contributed by atoms with Gasteiger partial charge in [-0.05, 0) is 51.7 Å². The number of rotatable bonds is 6. The Morgan fingerprint density at radius 1 is 1.20 bits per heavy atom. The summed E-state index contributed by atoms with van der Waals surface area (Å²) in [5.41, 5.74) is 1.96. The molecule has 1 aliphatic rings. The van der Waals surface area contributed by atoms with Crippen LogP contribution in [0.4, 0.5) is 0 Å². The number of ketones is 1. The zero-order valence-corrected chi connectivity index (χ0v) is 19.3. The van der Waals surface area contributed by atoms with Crippen LogP contribution in [0.1, 0.15) is 34.0 Å². The number of carbonyl (C=O) groups is 1. The number of nitrogens with one attached hydrogen (secondary N) is 1. The van der Waals surface area contributed by atoms with E-state index in [0.717, 1.165) is 32.8 Å². The highest BCUT2D eigenvalue weighted by Crippen LogP contribution is 2.41. The van der Waals surface area contributed by atoms with Crippen LogP contribution in [-0.4, -0.2) is 21.0 Å². The monoisotopic (exact) mass is 499 g/mol. The first-order valence-corrected chi connectivity index (χ1v) is 11.8. The van der Waals surface area contributed by atoms with Crippen LogP contribution in [0.3, 0.4) is 0 Å². The second kappa shape index (κ2) is 9.24. The Bertz CT molecular complexity index is 1130. The maximum Gasteiger partial charge on any atom is 0.186 e. The van der Waals surface area contributed by atoms with E-state index in [1.165, 1.54) is 23.1 Å². The smallest absolute Gasteiger partial charge is 0.186 e. The van der Waals surface area contributed by atoms with E-state index in [0.29, 0.717) is 21.6 Å². The van der Waals surface area contributed by atoms with Gasteiger partial charge < -0.3 is 4.74 Å². The molecule has 0 spiro atoms. The third-order valence-corrected chi connectivity index (χ3v) is 7.26. The predicted molar refractivity (Wildman–Crippen MR) is 125 cm³/mol. The van der Waals surface area contributed by atoms with Gasteiger partial charge in [0.25, 0.3) is 0 Å². The number of hydrogen-bond donors (Lipinski definition) is 1. The number of benzene rings is 2. The summed E-state index contributed by atoms with van der Waals surface area (Å²) in [4.78, 5) is 13.4. The second-order valence-corrected chi connectivity index (χ2v) is 9.66. The molecule has 1 N–H and O–H groups in total. The molecule has 30 heavy (non-hydrogen) atoms. The molecule has 0 unspecified atom stereocenters. The van der Waals surface area contributed by atoms with Crippen molar-refractivity contribution in [2.45, 2.75) is 25.9 Å². The lowest BCUT2D eigenvalue weighted by Crippen LogP contribution is -2.11. The average Bonchev–Trinajstić information content (AvgIpc) is 3.32. The zero-order chi connectivity index (χ0) is 21.1. The van der Waals surface area contributed by atoms with E-state index in [1.807, 2.05) is 61.5 Å². The molecule has 0 radical (unpaired) electrons. The summed E-state index contributed by atoms with van der Waals surface area (Å²) >= 11 is 6.15. The minimum atomic E-state index is -0.629. The fraction of sp³-hybridized carbons (Fsp3) is 0.182. The van der Waals surface area contributed by atoms with Crippen LogP contribution in [0.15, 0.2) is 57.9 Å². The third kappa shape index (κ3) is 4.55. The van der Waals surface area contributed by atoms with E-state index in [1.54, 1.807) is 0 Å². The summed E-state index contributed by atoms with van der Waals surface area (Å²) in [5, 5.41) is 18.2. The van der Waals surface area contributed by atoms with Gasteiger partial charge in [0.1, 0.15) is 28.3 Å². The Kier molecular flexibility index (Phi) is 6.46. The molecule has 1 aromatic heterocycles. The standard InChI is InChI=1S/C22H18BrN3O2S2/c1-2-18-25-26-22(30-18)19-20(27)17(29-21(19)24)11-14-8-9-16(15(23)10-14)28-12-13-6-4-3-5-7-13/h3-11,19,24H,2,12H2,1H3/b17-11-,24-21?/t19-/m0/s1. The summed E-state index contributed by atoms with van der Waals surface area (Å²) in [6.45, 7) is 2.48. The SMILES string of the molecule is CCc1nnc([C@@H]2C(=N)S/C(=C\c3ccc(OCc4ccccc4)c(Br)c3)C2=O)s1. The lowest BCUT2D eigenvalue weighted by molar-refractivity contribution is -0.114. The van der Waals surface area contributed by atoms with Gasteiger partial charge >= 0.3 is 0 Å². The molecule has 0 aliphatic carbocycles. The molecular formula is C22H18BrN3O2S2. The van der Waals surface area contributed by atoms with Gasteiger partial charge in [0.2, 0.25) is 0 Å². The number of thioether (sulfide) groups is 1. The second-order valence-electron chi connectivity index (χ2n) is 6.62. The highest BCUT2D eigenvalue weighted by atomic mass is 79.9. The van der Waals surface area contributed by atoms with E-state index >= 15 is 0 Å². The van der Waals surface area contributed by atoms with Gasteiger partial charge in [0.15, 0.2) is 5.78 Å². The molecule has 2 heterocycles. The number of halogens is 1. The van der Waals surface area contributed by atoms with Crippen LogP contribution in [0, 0.1) is 5.41 Å². The van der Waals surface area contributed by atoms with Crippen molar-refractivity contribution in [3.05, 3.63) is 79.1 Å². The van der Waals surface area contributed by atoms with Gasteiger partial charge in [-0.3, -0.25) is 10.2 Å². The molecule has 0 saturated carbocycles. The third-order valence-electron chi connectivity index (χ3n) is 4.51. The molecule has 1 atom stereocenters. The summed E-state index contributed by atoms with van der Waals surface area (Å²) in [6, 6.07) is 15.7. The first-order chi connectivity index (χ1) is 14.5. The van der Waals surface area contributed by atoms with E-state index in [-0.39, 0.29) is 5.78 Å². The van der Waals surface area contributed by atoms with Crippen LogP contribution in [-0.2, 0) is 17.8 Å². The van der Waals surface area contributed by atoms with Crippen molar-refractivity contribution in [2.24, 2.45) is 0 Å². The first kappa shape index (κ1) is 21.0. The van der Waals surface area contributed by atoms with Crippen molar-refractivity contribution in [1.29, 1.82) is 5.41 Å². The number of ether oxygens (including phenoxy) is 1. The van der Waals surface area contributed by atoms with E-state index in [4.69, 9.17) is 10.1 Å². The maximum atomic E-state index is 12.9. The highest BCUT2D eigenvalue weighted by molar-refractivity contribution is 9.10. The fourth-order valence-corrected chi connectivity index (χ4v) is 5.41. The minimum Gasteiger partial charge on any atom is -0.488 e. The van der Waals surface area contributed by atoms with Crippen molar-refractivity contribution in [3.63, 3.8) is 0 Å². The number of nitrogens with zero attached hydrogens (tertiary/aromatic N) is 2. The fourth-order valence-electron chi connectivity index (χ4n) is 2.95. The van der Waals surface area contributed by atoms with Crippen LogP contribution in [0.5, 0.6) is 5.75 Å². The number of Topliss-reactive ketones (excluding diaryl/α,β-unsaturated/α-hetero) is 1. The van der Waals surface area contributed by atoms with Crippen LogP contribution in [0.25, 0.3) is 6.08 Å². The van der Waals surface area contributed by atoms with Crippen molar-refractivity contribution in [2.75, 3.05) is 0 Å². The maximum absolute atomic E-state index is 12.9. The Labute approximate surface area is 191 Å². The van der Waals surface area contributed by atoms with Crippen molar-refractivity contribution in [1.82, 2.24) is 10.2 Å². The molecule has 2 aromatic carbocycles. The summed E-state index contributed by atoms with van der Waals surface area (Å²) in [6.07, 6.45) is 2.59. The van der Waals surface area contributed by atoms with E-state index in [9.17, 15) is 4.79 Å². The number of aryl methyl sites for hydroxylation is 1. The summed E-state index contributed by atoms with van der Waals surface area (Å²) < 4.78 is 6.70. The van der Waals surface area contributed by atoms with Crippen molar-refractivity contribution in [3.8, 4) is 5.75 Å². The number of allylic oxidation sites excluding steroid dienone is 1. The highest BCUT2D eigenvalue weighted by Gasteiger charge is 2.39. The lowest BCUT2D eigenvalue weighted by Gasteiger charge is -2.09. The Hall–Kier alpha value is -2.29. The largest absolute Gasteiger partial charge is 0.488 e. The minimum absolute atomic E-state index is 0.0932. The molecule has 0 bridgehead atoms. The molecule has 1 fully saturated rings. The molecule has 0 amide bonds. The molecule has 5 nitrogen and oxygen atoms in total. The molecule has 8 heteroatoms. The Morgan fingerprint density at radius 2 is 2.00 bits per heavy atom. The van der Waals surface area contributed by atoms with Crippen LogP contribution >= 0.6 is 39.0 Å². The molecule has 4 rings (SSSR count). The topological polar surface area (TPSA) is 75.9 Å². The quantitative estimate of drug-likeness (QED) is 0.429. The first-order valence-electron chi connectivity index (χ1n) is 9.36. The Morgan fingerprint density at radius 3 is 2.70 bits per heavy atom. The normalized spacial score (nSPS) is 17.7. The van der Waals surface area contributed by atoms with Gasteiger partial charge in [0, 0.05) is 0 Å². The van der Waals surface area contributed by atoms with E-state index < -0.39 is 5.92 Å². The van der Waals surface area contributed by atoms with Gasteiger partial charge in [0.05, 0.1) is 14.4 Å². The molecular weight excluding hydrogens is 482 g/mol. The van der Waals surface area contributed by atoms with Gasteiger partial charge in [-0.25, -0.2) is 0 Å². The van der Waals surface area contributed by atoms with Gasteiger partial charge in [-0.1, -0.05) is 55.1 Å². The Balaban J connectivity index is 1.49. The van der Waals surface area contributed by atoms with Gasteiger partial charge in [-0.15, -0.1) is 21.5 Å². The van der Waals surface area contributed by atoms with Crippen molar-refractivity contribution < 1.29 is 9.53 Å². The van der Waals surface area contributed by atoms with Gasteiger partial charge in [-0.2, -0.15) is 0 Å². The van der Waals surface area contributed by atoms with Crippen LogP contribution < -0.4 is 4.74 Å². The molecule has 1 aliphatic heterocycles. The van der Waals surface area contributed by atoms with E-state index in [2.05, 4.69) is 26.1 Å². The number of carbonyl (C=O) groups excluding carboxylic acids is 1. The number of aromatic nitrogens is 2. The molecule has 152 valence electrons.